The van der Waals surface area contributed by atoms with Gasteiger partial charge in [-0.05, 0) is 42.7 Å². The standard InChI is InChI=1S/C16H18N2O3S/c19-11-16(7-8-16)10-17-9-14-5-6-15(22-14)12-1-3-13(4-2-12)18(20)21/h1-6,17,19H,7-11H2. The largest absolute Gasteiger partial charge is 0.396 e. The van der Waals surface area contributed by atoms with Crippen molar-refractivity contribution in [3.63, 3.8) is 0 Å². The fourth-order valence-electron chi connectivity index (χ4n) is 2.39. The van der Waals surface area contributed by atoms with Crippen molar-refractivity contribution in [2.75, 3.05) is 13.2 Å². The summed E-state index contributed by atoms with van der Waals surface area (Å²) in [6.07, 6.45) is 2.21. The zero-order valence-corrected chi connectivity index (χ0v) is 12.9. The smallest absolute Gasteiger partial charge is 0.269 e. The third-order valence-electron chi connectivity index (χ3n) is 4.12. The predicted molar refractivity (Wildman–Crippen MR) is 86.9 cm³/mol. The van der Waals surface area contributed by atoms with Gasteiger partial charge in [0.15, 0.2) is 0 Å². The summed E-state index contributed by atoms with van der Waals surface area (Å²) in [6, 6.07) is 10.8. The summed E-state index contributed by atoms with van der Waals surface area (Å²) in [7, 11) is 0. The molecule has 2 aromatic rings. The van der Waals surface area contributed by atoms with Crippen molar-refractivity contribution in [2.45, 2.75) is 19.4 Å². The molecular formula is C16H18N2O3S. The number of nitro benzene ring substituents is 1. The monoisotopic (exact) mass is 318 g/mol. The van der Waals surface area contributed by atoms with Gasteiger partial charge in [0, 0.05) is 47.0 Å². The molecule has 0 amide bonds. The molecule has 22 heavy (non-hydrogen) atoms. The van der Waals surface area contributed by atoms with E-state index in [1.165, 1.54) is 17.0 Å². The predicted octanol–water partition coefficient (Wildman–Crippen LogP) is 3.19. The molecule has 0 spiro atoms. The van der Waals surface area contributed by atoms with E-state index in [0.29, 0.717) is 0 Å². The Morgan fingerprint density at radius 3 is 2.55 bits per heavy atom. The molecule has 5 nitrogen and oxygen atoms in total. The van der Waals surface area contributed by atoms with E-state index >= 15 is 0 Å². The summed E-state index contributed by atoms with van der Waals surface area (Å²) < 4.78 is 0. The van der Waals surface area contributed by atoms with Crippen molar-refractivity contribution in [1.29, 1.82) is 0 Å². The molecule has 2 N–H and O–H groups in total. The van der Waals surface area contributed by atoms with Gasteiger partial charge < -0.3 is 10.4 Å². The molecule has 0 radical (unpaired) electrons. The SMILES string of the molecule is O=[N+]([O-])c1ccc(-c2ccc(CNCC3(CO)CC3)s2)cc1. The number of benzene rings is 1. The Labute approximate surface area is 132 Å². The van der Waals surface area contributed by atoms with Gasteiger partial charge in [-0.1, -0.05) is 0 Å². The minimum Gasteiger partial charge on any atom is -0.396 e. The second kappa shape index (κ2) is 6.16. The number of hydrogen-bond acceptors (Lipinski definition) is 5. The van der Waals surface area contributed by atoms with Gasteiger partial charge in [-0.2, -0.15) is 0 Å². The number of thiophene rings is 1. The number of nitrogens with zero attached hydrogens (tertiary/aromatic N) is 1. The third kappa shape index (κ3) is 3.35. The maximum absolute atomic E-state index is 10.7. The molecule has 1 aliphatic carbocycles. The van der Waals surface area contributed by atoms with Gasteiger partial charge in [-0.25, -0.2) is 0 Å². The van der Waals surface area contributed by atoms with Crippen LogP contribution in [0.4, 0.5) is 5.69 Å². The molecule has 6 heteroatoms. The molecule has 1 heterocycles. The van der Waals surface area contributed by atoms with Crippen LogP contribution in [0.1, 0.15) is 17.7 Å². The van der Waals surface area contributed by atoms with E-state index in [1.54, 1.807) is 23.5 Å². The van der Waals surface area contributed by atoms with E-state index in [1.807, 2.05) is 6.07 Å². The number of hydrogen-bond donors (Lipinski definition) is 2. The Morgan fingerprint density at radius 1 is 1.23 bits per heavy atom. The fraction of sp³-hybridized carbons (Fsp3) is 0.375. The number of nitrogens with one attached hydrogen (secondary N) is 1. The average molecular weight is 318 g/mol. The molecular weight excluding hydrogens is 300 g/mol. The Hall–Kier alpha value is -1.76. The number of non-ortho nitro benzene ring substituents is 1. The lowest BCUT2D eigenvalue weighted by molar-refractivity contribution is -0.384. The zero-order chi connectivity index (χ0) is 15.6. The Kier molecular flexibility index (Phi) is 4.24. The first-order valence-electron chi connectivity index (χ1n) is 7.27. The van der Waals surface area contributed by atoms with Gasteiger partial charge in [-0.15, -0.1) is 11.3 Å². The minimum atomic E-state index is -0.386. The van der Waals surface area contributed by atoms with Gasteiger partial charge in [0.1, 0.15) is 0 Å². The van der Waals surface area contributed by atoms with Crippen LogP contribution in [0, 0.1) is 15.5 Å². The van der Waals surface area contributed by atoms with Crippen molar-refractivity contribution >= 4 is 17.0 Å². The first kappa shape index (κ1) is 15.1. The van der Waals surface area contributed by atoms with Crippen molar-refractivity contribution in [1.82, 2.24) is 5.32 Å². The van der Waals surface area contributed by atoms with E-state index < -0.39 is 0 Å². The van der Waals surface area contributed by atoms with Crippen molar-refractivity contribution < 1.29 is 10.0 Å². The summed E-state index contributed by atoms with van der Waals surface area (Å²) >= 11 is 1.68. The van der Waals surface area contributed by atoms with Crippen LogP contribution in [0.25, 0.3) is 10.4 Å². The van der Waals surface area contributed by atoms with Gasteiger partial charge in [-0.3, -0.25) is 10.1 Å². The van der Waals surface area contributed by atoms with Crippen LogP contribution in [0.2, 0.25) is 0 Å². The van der Waals surface area contributed by atoms with E-state index in [-0.39, 0.29) is 22.6 Å². The van der Waals surface area contributed by atoms with Crippen LogP contribution in [-0.2, 0) is 6.54 Å². The molecule has 0 aliphatic heterocycles. The van der Waals surface area contributed by atoms with Crippen LogP contribution < -0.4 is 5.32 Å². The van der Waals surface area contributed by atoms with Gasteiger partial charge in [0.25, 0.3) is 5.69 Å². The van der Waals surface area contributed by atoms with E-state index in [2.05, 4.69) is 11.4 Å². The van der Waals surface area contributed by atoms with Gasteiger partial charge in [0.05, 0.1) is 4.92 Å². The number of nitro groups is 1. The molecule has 0 unspecified atom stereocenters. The molecule has 3 rings (SSSR count). The summed E-state index contributed by atoms with van der Waals surface area (Å²) in [6.45, 7) is 1.91. The highest BCUT2D eigenvalue weighted by molar-refractivity contribution is 7.15. The summed E-state index contributed by atoms with van der Waals surface area (Å²) in [5.41, 5.74) is 1.23. The highest BCUT2D eigenvalue weighted by atomic mass is 32.1. The molecule has 0 bridgehead atoms. The molecule has 1 aromatic carbocycles. The van der Waals surface area contributed by atoms with E-state index in [0.717, 1.165) is 36.4 Å². The Balaban J connectivity index is 1.59. The summed E-state index contributed by atoms with van der Waals surface area (Å²) in [5.74, 6) is 0. The molecule has 1 fully saturated rings. The first-order chi connectivity index (χ1) is 10.6. The van der Waals surface area contributed by atoms with Crippen LogP contribution in [0.3, 0.4) is 0 Å². The highest BCUT2D eigenvalue weighted by Gasteiger charge is 2.41. The summed E-state index contributed by atoms with van der Waals surface area (Å²) in [4.78, 5) is 12.6. The zero-order valence-electron chi connectivity index (χ0n) is 12.1. The van der Waals surface area contributed by atoms with Crippen LogP contribution in [-0.4, -0.2) is 23.2 Å². The first-order valence-corrected chi connectivity index (χ1v) is 8.09. The minimum absolute atomic E-state index is 0.112. The van der Waals surface area contributed by atoms with Crippen molar-refractivity contribution in [2.24, 2.45) is 5.41 Å². The third-order valence-corrected chi connectivity index (χ3v) is 5.25. The van der Waals surface area contributed by atoms with Crippen LogP contribution in [0.15, 0.2) is 36.4 Å². The van der Waals surface area contributed by atoms with E-state index in [4.69, 9.17) is 0 Å². The van der Waals surface area contributed by atoms with Crippen LogP contribution in [0.5, 0.6) is 0 Å². The second-order valence-electron chi connectivity index (χ2n) is 5.83. The molecule has 1 aliphatic rings. The maximum atomic E-state index is 10.7. The van der Waals surface area contributed by atoms with E-state index in [9.17, 15) is 15.2 Å². The van der Waals surface area contributed by atoms with Gasteiger partial charge >= 0.3 is 0 Å². The number of aliphatic hydroxyl groups is 1. The number of rotatable bonds is 7. The summed E-state index contributed by atoms with van der Waals surface area (Å²) in [5, 5.41) is 23.4. The highest BCUT2D eigenvalue weighted by Crippen LogP contribution is 2.44. The molecule has 116 valence electrons. The molecule has 0 saturated heterocycles. The Bertz CT molecular complexity index is 662. The molecule has 1 aromatic heterocycles. The Morgan fingerprint density at radius 2 is 1.95 bits per heavy atom. The van der Waals surface area contributed by atoms with Gasteiger partial charge in [0.2, 0.25) is 0 Å². The number of aliphatic hydroxyl groups excluding tert-OH is 1. The molecule has 1 saturated carbocycles. The fourth-order valence-corrected chi connectivity index (χ4v) is 3.38. The van der Waals surface area contributed by atoms with Crippen LogP contribution >= 0.6 is 11.3 Å². The quantitative estimate of drug-likeness (QED) is 0.607. The average Bonchev–Trinajstić information content (AvgIpc) is 3.16. The lowest BCUT2D eigenvalue weighted by atomic mass is 10.1. The second-order valence-corrected chi connectivity index (χ2v) is 7.00. The normalized spacial score (nSPS) is 15.7. The maximum Gasteiger partial charge on any atom is 0.269 e. The molecule has 0 atom stereocenters. The lowest BCUT2D eigenvalue weighted by Gasteiger charge is -2.11. The topological polar surface area (TPSA) is 75.4 Å². The van der Waals surface area contributed by atoms with Crippen molar-refractivity contribution in [3.8, 4) is 10.4 Å². The van der Waals surface area contributed by atoms with Crippen molar-refractivity contribution in [3.05, 3.63) is 51.4 Å². The lowest BCUT2D eigenvalue weighted by Crippen LogP contribution is -2.25.